The minimum absolute atomic E-state index is 0.00931. The van der Waals surface area contributed by atoms with Gasteiger partial charge in [0, 0.05) is 58.0 Å². The molecule has 0 bridgehead atoms. The lowest BCUT2D eigenvalue weighted by Gasteiger charge is -2.25. The number of anilines is 2. The predicted octanol–water partition coefficient (Wildman–Crippen LogP) is 5.53. The zero-order valence-corrected chi connectivity index (χ0v) is 26.7. The number of halogens is 3. The molecule has 1 amide bonds. The number of benzene rings is 2. The van der Waals surface area contributed by atoms with Crippen molar-refractivity contribution >= 4 is 38.8 Å². The number of carbonyl (C=O) groups is 1. The number of amides is 1. The topological polar surface area (TPSA) is 123 Å². The Morgan fingerprint density at radius 1 is 1.11 bits per heavy atom. The van der Waals surface area contributed by atoms with Crippen LogP contribution in [0, 0.1) is 17.5 Å². The monoisotopic (exact) mass is 675 g/mol. The first-order valence-corrected chi connectivity index (χ1v) is 16.6. The SMILES string of the molecule is COCN(c1cccc(-c2nc(C3CCOCC3)sc2-c2ccnc(NCCNC(C)=O)c2)c1F)S(=O)(=O)c1cc(F)ccc1F. The van der Waals surface area contributed by atoms with Gasteiger partial charge in [-0.25, -0.2) is 35.9 Å². The van der Waals surface area contributed by atoms with E-state index in [1.54, 1.807) is 18.3 Å². The van der Waals surface area contributed by atoms with Crippen LogP contribution >= 0.6 is 11.3 Å². The van der Waals surface area contributed by atoms with Crippen molar-refractivity contribution in [3.05, 3.63) is 77.2 Å². The summed E-state index contributed by atoms with van der Waals surface area (Å²) in [5.41, 5.74) is 0.559. The summed E-state index contributed by atoms with van der Waals surface area (Å²) in [6, 6.07) is 9.75. The fourth-order valence-corrected chi connectivity index (χ4v) is 7.71. The maximum atomic E-state index is 16.6. The molecule has 5 rings (SSSR count). The number of aromatic nitrogens is 2. The number of nitrogens with zero attached hydrogens (tertiary/aromatic N) is 3. The Balaban J connectivity index is 1.59. The van der Waals surface area contributed by atoms with Gasteiger partial charge in [0.05, 0.1) is 21.3 Å². The predicted molar refractivity (Wildman–Crippen MR) is 169 cm³/mol. The molecule has 0 unspecified atom stereocenters. The molecular formula is C31H32F3N5O5S2. The molecule has 2 aromatic carbocycles. The maximum absolute atomic E-state index is 16.6. The summed E-state index contributed by atoms with van der Waals surface area (Å²) in [6.45, 7) is 2.70. The normalized spacial score (nSPS) is 13.8. The van der Waals surface area contributed by atoms with Gasteiger partial charge >= 0.3 is 0 Å². The van der Waals surface area contributed by atoms with Crippen molar-refractivity contribution in [3.63, 3.8) is 0 Å². The third kappa shape index (κ3) is 7.33. The molecule has 0 atom stereocenters. The van der Waals surface area contributed by atoms with Crippen molar-refractivity contribution in [2.24, 2.45) is 0 Å². The van der Waals surface area contributed by atoms with Crippen LogP contribution in [0.2, 0.25) is 0 Å². The summed E-state index contributed by atoms with van der Waals surface area (Å²) < 4.78 is 83.6. The van der Waals surface area contributed by atoms with E-state index in [9.17, 15) is 22.0 Å². The van der Waals surface area contributed by atoms with Gasteiger partial charge in [0.25, 0.3) is 10.0 Å². The van der Waals surface area contributed by atoms with Gasteiger partial charge in [-0.2, -0.15) is 0 Å². The second-order valence-corrected chi connectivity index (χ2v) is 13.3. The van der Waals surface area contributed by atoms with E-state index >= 15 is 4.39 Å². The second kappa shape index (κ2) is 14.6. The molecule has 10 nitrogen and oxygen atoms in total. The number of pyridine rings is 1. The fourth-order valence-electron chi connectivity index (χ4n) is 5.01. The van der Waals surface area contributed by atoms with Crippen LogP contribution in [0.4, 0.5) is 24.7 Å². The third-order valence-electron chi connectivity index (χ3n) is 7.25. The number of ether oxygens (including phenoxy) is 2. The largest absolute Gasteiger partial charge is 0.381 e. The van der Waals surface area contributed by atoms with Gasteiger partial charge < -0.3 is 20.1 Å². The molecule has 4 aromatic rings. The standard InChI is InChI=1S/C31H32F3N5O5S2/c1-19(40)35-12-13-37-27-16-21(8-11-36-27)30-29(38-31(45-30)20-9-14-44-15-10-20)23-4-3-5-25(28(23)34)39(18-43-2)46(41,42)26-17-22(32)6-7-24(26)33/h3-8,11,16-17,20H,9-10,12-15,18H2,1-2H3,(H,35,40)(H,36,37). The van der Waals surface area contributed by atoms with Gasteiger partial charge in [-0.05, 0) is 60.9 Å². The summed E-state index contributed by atoms with van der Waals surface area (Å²) in [4.78, 5) is 20.1. The molecule has 0 aliphatic carbocycles. The summed E-state index contributed by atoms with van der Waals surface area (Å²) >= 11 is 1.40. The van der Waals surface area contributed by atoms with Crippen LogP contribution in [0.3, 0.4) is 0 Å². The van der Waals surface area contributed by atoms with Crippen LogP contribution < -0.4 is 14.9 Å². The van der Waals surface area contributed by atoms with Gasteiger partial charge in [0.1, 0.15) is 29.1 Å². The number of hydrogen-bond donors (Lipinski definition) is 2. The van der Waals surface area contributed by atoms with E-state index in [1.807, 2.05) is 0 Å². The molecule has 0 spiro atoms. The number of thiazole rings is 1. The van der Waals surface area contributed by atoms with Gasteiger partial charge in [-0.3, -0.25) is 4.79 Å². The van der Waals surface area contributed by atoms with E-state index in [1.165, 1.54) is 43.6 Å². The van der Waals surface area contributed by atoms with Crippen LogP contribution in [0.15, 0.2) is 59.6 Å². The Morgan fingerprint density at radius 3 is 2.63 bits per heavy atom. The maximum Gasteiger partial charge on any atom is 0.269 e. The van der Waals surface area contributed by atoms with Crippen molar-refractivity contribution in [1.29, 1.82) is 0 Å². The van der Waals surface area contributed by atoms with Crippen LogP contribution in [0.1, 0.15) is 30.7 Å². The van der Waals surface area contributed by atoms with E-state index < -0.39 is 44.8 Å². The quantitative estimate of drug-likeness (QED) is 0.149. The van der Waals surface area contributed by atoms with Crippen molar-refractivity contribution in [3.8, 4) is 21.7 Å². The van der Waals surface area contributed by atoms with Gasteiger partial charge in [-0.1, -0.05) is 6.07 Å². The number of hydrogen-bond acceptors (Lipinski definition) is 9. The highest BCUT2D eigenvalue weighted by Gasteiger charge is 2.32. The van der Waals surface area contributed by atoms with Gasteiger partial charge in [-0.15, -0.1) is 11.3 Å². The molecule has 1 aliphatic heterocycles. The zero-order chi connectivity index (χ0) is 32.8. The average Bonchev–Trinajstić information content (AvgIpc) is 3.49. The summed E-state index contributed by atoms with van der Waals surface area (Å²) in [6.07, 6.45) is 3.07. The molecular weight excluding hydrogens is 643 g/mol. The molecule has 1 aliphatic rings. The number of methoxy groups -OCH3 is 1. The van der Waals surface area contributed by atoms with E-state index in [0.29, 0.717) is 59.0 Å². The van der Waals surface area contributed by atoms with Crippen molar-refractivity contribution in [2.75, 3.05) is 49.8 Å². The molecule has 0 saturated carbocycles. The van der Waals surface area contributed by atoms with E-state index in [4.69, 9.17) is 14.5 Å². The molecule has 3 heterocycles. The Labute approximate surface area is 268 Å². The molecule has 1 saturated heterocycles. The van der Waals surface area contributed by atoms with Crippen LogP contribution in [-0.2, 0) is 24.3 Å². The summed E-state index contributed by atoms with van der Waals surface area (Å²) in [5.74, 6) is -2.65. The molecule has 2 aromatic heterocycles. The molecule has 46 heavy (non-hydrogen) atoms. The Kier molecular flexibility index (Phi) is 10.6. The third-order valence-corrected chi connectivity index (χ3v) is 10.3. The van der Waals surface area contributed by atoms with Crippen molar-refractivity contribution < 1.29 is 35.9 Å². The smallest absolute Gasteiger partial charge is 0.269 e. The van der Waals surface area contributed by atoms with Gasteiger partial charge in [0.15, 0.2) is 5.82 Å². The summed E-state index contributed by atoms with van der Waals surface area (Å²) in [7, 11) is -3.60. The van der Waals surface area contributed by atoms with Crippen molar-refractivity contribution in [1.82, 2.24) is 15.3 Å². The molecule has 0 radical (unpaired) electrons. The first kappa shape index (κ1) is 33.3. The molecule has 1 fully saturated rings. The lowest BCUT2D eigenvalue weighted by molar-refractivity contribution is -0.118. The average molecular weight is 676 g/mol. The van der Waals surface area contributed by atoms with E-state index in [2.05, 4.69) is 15.6 Å². The highest BCUT2D eigenvalue weighted by molar-refractivity contribution is 7.92. The molecule has 2 N–H and O–H groups in total. The van der Waals surface area contributed by atoms with E-state index in [0.717, 1.165) is 23.9 Å². The summed E-state index contributed by atoms with van der Waals surface area (Å²) in [5, 5.41) is 6.63. The highest BCUT2D eigenvalue weighted by atomic mass is 32.2. The Hall–Kier alpha value is -4.05. The number of sulfonamides is 1. The lowest BCUT2D eigenvalue weighted by atomic mass is 10.0. The number of rotatable bonds is 12. The van der Waals surface area contributed by atoms with Gasteiger partial charge in [0.2, 0.25) is 5.91 Å². The fraction of sp³-hybridized carbons (Fsp3) is 0.323. The van der Waals surface area contributed by atoms with Crippen LogP contribution in [-0.4, -0.2) is 64.4 Å². The van der Waals surface area contributed by atoms with Crippen LogP contribution in [0.25, 0.3) is 21.7 Å². The van der Waals surface area contributed by atoms with E-state index in [-0.39, 0.29) is 23.1 Å². The van der Waals surface area contributed by atoms with Crippen LogP contribution in [0.5, 0.6) is 0 Å². The number of nitrogens with one attached hydrogen (secondary N) is 2. The number of carbonyl (C=O) groups excluding carboxylic acids is 1. The first-order chi connectivity index (χ1) is 22.1. The lowest BCUT2D eigenvalue weighted by Crippen LogP contribution is -2.34. The minimum atomic E-state index is -4.81. The highest BCUT2D eigenvalue weighted by Crippen LogP contribution is 2.44. The first-order valence-electron chi connectivity index (χ1n) is 14.4. The Bertz CT molecular complexity index is 1820. The molecule has 244 valence electrons. The zero-order valence-electron chi connectivity index (χ0n) is 25.1. The second-order valence-electron chi connectivity index (χ2n) is 10.4. The Morgan fingerprint density at radius 2 is 1.89 bits per heavy atom. The molecule has 15 heteroatoms. The minimum Gasteiger partial charge on any atom is -0.381 e. The van der Waals surface area contributed by atoms with Crippen molar-refractivity contribution in [2.45, 2.75) is 30.6 Å².